The zero-order chi connectivity index (χ0) is 16.0. The van der Waals surface area contributed by atoms with E-state index in [0.717, 1.165) is 4.57 Å². The lowest BCUT2D eigenvalue weighted by Gasteiger charge is -2.28. The van der Waals surface area contributed by atoms with E-state index in [4.69, 9.17) is 0 Å². The van der Waals surface area contributed by atoms with Gasteiger partial charge < -0.3 is 5.32 Å². The fraction of sp³-hybridized carbons (Fsp3) is 0.214. The van der Waals surface area contributed by atoms with E-state index < -0.39 is 29.1 Å². The van der Waals surface area contributed by atoms with Gasteiger partial charge in [-0.15, -0.1) is 0 Å². The standard InChI is InChI=1S/C14H13FN4O3/c1-18-11-9(12(20)19(2)14(18)22)10(16-13(21)17-11)7-3-5-8(15)6-4-7/h3-6,10H,1-2H3,(H2,16,17,21). The second kappa shape index (κ2) is 4.83. The molecule has 1 atom stereocenters. The quantitative estimate of drug-likeness (QED) is 0.802. The van der Waals surface area contributed by atoms with E-state index in [1.165, 1.54) is 42.9 Å². The lowest BCUT2D eigenvalue weighted by atomic mass is 9.98. The van der Waals surface area contributed by atoms with Gasteiger partial charge >= 0.3 is 11.7 Å². The molecule has 114 valence electrons. The Balaban J connectivity index is 2.30. The van der Waals surface area contributed by atoms with Crippen molar-refractivity contribution in [1.29, 1.82) is 0 Å². The molecule has 0 saturated carbocycles. The number of nitrogens with one attached hydrogen (secondary N) is 2. The van der Waals surface area contributed by atoms with E-state index in [2.05, 4.69) is 10.6 Å². The Kier molecular flexibility index (Phi) is 3.09. The largest absolute Gasteiger partial charge is 0.332 e. The molecule has 2 amide bonds. The van der Waals surface area contributed by atoms with Gasteiger partial charge in [-0.1, -0.05) is 12.1 Å². The number of benzene rings is 1. The minimum Gasteiger partial charge on any atom is -0.327 e. The van der Waals surface area contributed by atoms with Crippen LogP contribution in [0.5, 0.6) is 0 Å². The number of urea groups is 1. The number of hydrogen-bond acceptors (Lipinski definition) is 3. The number of rotatable bonds is 1. The van der Waals surface area contributed by atoms with Crippen LogP contribution in [0, 0.1) is 5.82 Å². The third-order valence-electron chi connectivity index (χ3n) is 3.70. The summed E-state index contributed by atoms with van der Waals surface area (Å²) < 4.78 is 15.2. The highest BCUT2D eigenvalue weighted by Crippen LogP contribution is 2.27. The summed E-state index contributed by atoms with van der Waals surface area (Å²) >= 11 is 0. The maximum Gasteiger partial charge on any atom is 0.332 e. The van der Waals surface area contributed by atoms with Crippen molar-refractivity contribution >= 4 is 11.8 Å². The average molecular weight is 304 g/mol. The minimum absolute atomic E-state index is 0.145. The Morgan fingerprint density at radius 3 is 2.32 bits per heavy atom. The van der Waals surface area contributed by atoms with E-state index in [0.29, 0.717) is 5.56 Å². The van der Waals surface area contributed by atoms with Gasteiger partial charge in [-0.05, 0) is 17.7 Å². The van der Waals surface area contributed by atoms with Crippen LogP contribution in [0.1, 0.15) is 17.2 Å². The monoisotopic (exact) mass is 304 g/mol. The van der Waals surface area contributed by atoms with Crippen molar-refractivity contribution in [3.63, 3.8) is 0 Å². The number of amides is 2. The summed E-state index contributed by atoms with van der Waals surface area (Å²) in [5.41, 5.74) is -0.271. The lowest BCUT2D eigenvalue weighted by Crippen LogP contribution is -2.49. The number of nitrogens with zero attached hydrogens (tertiary/aromatic N) is 2. The van der Waals surface area contributed by atoms with E-state index >= 15 is 0 Å². The molecule has 1 unspecified atom stereocenters. The number of fused-ring (bicyclic) bond motifs is 1. The Morgan fingerprint density at radius 2 is 1.68 bits per heavy atom. The smallest absolute Gasteiger partial charge is 0.327 e. The van der Waals surface area contributed by atoms with Crippen LogP contribution in [-0.4, -0.2) is 15.2 Å². The first kappa shape index (κ1) is 14.1. The molecule has 3 rings (SSSR count). The molecular weight excluding hydrogens is 291 g/mol. The molecular formula is C14H13FN4O3. The highest BCUT2D eigenvalue weighted by molar-refractivity contribution is 5.92. The third-order valence-corrected chi connectivity index (χ3v) is 3.70. The normalized spacial score (nSPS) is 16.7. The second-order valence-corrected chi connectivity index (χ2v) is 5.05. The van der Waals surface area contributed by atoms with E-state index in [1.54, 1.807) is 0 Å². The number of carbonyl (C=O) groups excluding carboxylic acids is 1. The summed E-state index contributed by atoms with van der Waals surface area (Å²) in [5.74, 6) is -0.274. The minimum atomic E-state index is -0.755. The van der Waals surface area contributed by atoms with Gasteiger partial charge in [-0.2, -0.15) is 0 Å². The van der Waals surface area contributed by atoms with Crippen LogP contribution in [0.3, 0.4) is 0 Å². The number of hydrogen-bond donors (Lipinski definition) is 2. The van der Waals surface area contributed by atoms with Gasteiger partial charge in [0.1, 0.15) is 11.6 Å². The molecule has 2 N–H and O–H groups in total. The Labute approximate surface area is 124 Å². The van der Waals surface area contributed by atoms with Crippen molar-refractivity contribution in [3.05, 3.63) is 62.0 Å². The van der Waals surface area contributed by atoms with Crippen LogP contribution in [0.25, 0.3) is 0 Å². The molecule has 1 aliphatic rings. The van der Waals surface area contributed by atoms with Crippen LogP contribution in [0.15, 0.2) is 33.9 Å². The Bertz CT molecular complexity index is 883. The van der Waals surface area contributed by atoms with Crippen LogP contribution in [0.2, 0.25) is 0 Å². The maximum absolute atomic E-state index is 13.1. The Morgan fingerprint density at radius 1 is 1.05 bits per heavy atom. The van der Waals surface area contributed by atoms with Crippen molar-refractivity contribution in [2.75, 3.05) is 5.32 Å². The first-order valence-corrected chi connectivity index (χ1v) is 6.53. The van der Waals surface area contributed by atoms with Crippen LogP contribution < -0.4 is 21.9 Å². The molecule has 0 bridgehead atoms. The van der Waals surface area contributed by atoms with Gasteiger partial charge in [0.2, 0.25) is 0 Å². The van der Waals surface area contributed by atoms with Crippen LogP contribution >= 0.6 is 0 Å². The van der Waals surface area contributed by atoms with Crippen molar-refractivity contribution in [2.24, 2.45) is 14.1 Å². The zero-order valence-corrected chi connectivity index (χ0v) is 11.9. The molecule has 7 nitrogen and oxygen atoms in total. The average Bonchev–Trinajstić information content (AvgIpc) is 2.50. The summed E-state index contributed by atoms with van der Waals surface area (Å²) in [6.07, 6.45) is 0. The van der Waals surface area contributed by atoms with E-state index in [1.807, 2.05) is 0 Å². The van der Waals surface area contributed by atoms with E-state index in [-0.39, 0.29) is 11.4 Å². The van der Waals surface area contributed by atoms with Crippen molar-refractivity contribution < 1.29 is 9.18 Å². The Hall–Kier alpha value is -2.90. The summed E-state index contributed by atoms with van der Waals surface area (Å²) in [6, 6.07) is 4.17. The fourth-order valence-corrected chi connectivity index (χ4v) is 2.53. The van der Waals surface area contributed by atoms with Crippen LogP contribution in [-0.2, 0) is 14.1 Å². The molecule has 0 spiro atoms. The van der Waals surface area contributed by atoms with Crippen molar-refractivity contribution in [3.8, 4) is 0 Å². The summed E-state index contributed by atoms with van der Waals surface area (Å²) in [6.45, 7) is 0. The molecule has 0 radical (unpaired) electrons. The predicted molar refractivity (Wildman–Crippen MR) is 77.3 cm³/mol. The SMILES string of the molecule is Cn1c2c(c(=O)n(C)c1=O)C(c1ccc(F)cc1)NC(=O)N2. The summed E-state index contributed by atoms with van der Waals surface area (Å²) in [4.78, 5) is 36.2. The second-order valence-electron chi connectivity index (χ2n) is 5.05. The number of anilines is 1. The first-order chi connectivity index (χ1) is 10.4. The van der Waals surface area contributed by atoms with Gasteiger partial charge in [0.25, 0.3) is 5.56 Å². The third kappa shape index (κ3) is 2.00. The molecule has 22 heavy (non-hydrogen) atoms. The molecule has 1 aliphatic heterocycles. The molecule has 0 aliphatic carbocycles. The van der Waals surface area contributed by atoms with Gasteiger partial charge in [0.05, 0.1) is 11.6 Å². The first-order valence-electron chi connectivity index (χ1n) is 6.53. The van der Waals surface area contributed by atoms with Gasteiger partial charge in [-0.25, -0.2) is 14.0 Å². The highest BCUT2D eigenvalue weighted by Gasteiger charge is 2.31. The maximum atomic E-state index is 13.1. The highest BCUT2D eigenvalue weighted by atomic mass is 19.1. The molecule has 2 aromatic rings. The van der Waals surface area contributed by atoms with Crippen molar-refractivity contribution in [1.82, 2.24) is 14.5 Å². The van der Waals surface area contributed by atoms with Gasteiger partial charge in [-0.3, -0.25) is 19.2 Å². The molecule has 1 aromatic carbocycles. The van der Waals surface area contributed by atoms with Gasteiger partial charge in [0.15, 0.2) is 0 Å². The molecule has 0 saturated heterocycles. The molecule has 0 fully saturated rings. The molecule has 8 heteroatoms. The fourth-order valence-electron chi connectivity index (χ4n) is 2.53. The van der Waals surface area contributed by atoms with Gasteiger partial charge in [0, 0.05) is 14.1 Å². The summed E-state index contributed by atoms with van der Waals surface area (Å²) in [5, 5.41) is 5.10. The lowest BCUT2D eigenvalue weighted by molar-refractivity contribution is 0.248. The topological polar surface area (TPSA) is 85.1 Å². The van der Waals surface area contributed by atoms with E-state index in [9.17, 15) is 18.8 Å². The number of carbonyl (C=O) groups is 1. The summed E-state index contributed by atoms with van der Waals surface area (Å²) in [7, 11) is 2.83. The van der Waals surface area contributed by atoms with Crippen LogP contribution in [0.4, 0.5) is 15.0 Å². The molecule has 1 aromatic heterocycles. The number of aromatic nitrogens is 2. The predicted octanol–water partition coefficient (Wildman–Crippen LogP) is 0.448. The zero-order valence-electron chi connectivity index (χ0n) is 11.9. The van der Waals surface area contributed by atoms with Crippen molar-refractivity contribution in [2.45, 2.75) is 6.04 Å². The molecule has 2 heterocycles. The number of halogens is 1.